The Morgan fingerprint density at radius 3 is 2.57 bits per heavy atom. The summed E-state index contributed by atoms with van der Waals surface area (Å²) in [5, 5.41) is 17.6. The lowest BCUT2D eigenvalue weighted by Gasteiger charge is -2.10. The third-order valence-electron chi connectivity index (χ3n) is 2.21. The molecular formula is C11H22O3. The average molecular weight is 202 g/mol. The van der Waals surface area contributed by atoms with Crippen LogP contribution in [-0.4, -0.2) is 37.1 Å². The number of rotatable bonds is 9. The molecule has 0 saturated heterocycles. The highest BCUT2D eigenvalue weighted by Gasteiger charge is 2.04. The predicted molar refractivity (Wildman–Crippen MR) is 57.1 cm³/mol. The number of methoxy groups -OCH3 is 1. The van der Waals surface area contributed by atoms with Crippen molar-refractivity contribution in [2.24, 2.45) is 5.92 Å². The van der Waals surface area contributed by atoms with Crippen LogP contribution >= 0.6 is 0 Å². The lowest BCUT2D eigenvalue weighted by Crippen LogP contribution is -2.07. The van der Waals surface area contributed by atoms with Gasteiger partial charge in [-0.2, -0.15) is 0 Å². The Morgan fingerprint density at radius 1 is 1.21 bits per heavy atom. The third kappa shape index (κ3) is 8.23. The summed E-state index contributed by atoms with van der Waals surface area (Å²) in [4.78, 5) is 0. The van der Waals surface area contributed by atoms with Crippen LogP contribution in [0, 0.1) is 5.92 Å². The molecule has 0 aromatic rings. The maximum Gasteiger partial charge on any atom is 0.0643 e. The van der Waals surface area contributed by atoms with Crippen LogP contribution in [0.15, 0.2) is 12.2 Å². The van der Waals surface area contributed by atoms with Gasteiger partial charge in [-0.15, -0.1) is 0 Å². The number of aliphatic hydroxyl groups is 2. The molecule has 0 aromatic carbocycles. The van der Waals surface area contributed by atoms with Crippen molar-refractivity contribution in [2.75, 3.05) is 26.9 Å². The van der Waals surface area contributed by atoms with Crippen LogP contribution in [0.1, 0.15) is 25.7 Å². The summed E-state index contributed by atoms with van der Waals surface area (Å²) in [5.41, 5.74) is 0. The minimum absolute atomic E-state index is 0.171. The molecule has 3 nitrogen and oxygen atoms in total. The lowest BCUT2D eigenvalue weighted by atomic mass is 10.00. The van der Waals surface area contributed by atoms with E-state index < -0.39 is 0 Å². The Balaban J connectivity index is 3.32. The van der Waals surface area contributed by atoms with Gasteiger partial charge in [-0.25, -0.2) is 0 Å². The fourth-order valence-corrected chi connectivity index (χ4v) is 1.32. The van der Waals surface area contributed by atoms with Crippen LogP contribution in [0.25, 0.3) is 0 Å². The molecule has 0 aromatic heterocycles. The smallest absolute Gasteiger partial charge is 0.0643 e. The maximum atomic E-state index is 8.95. The number of hydrogen-bond acceptors (Lipinski definition) is 3. The monoisotopic (exact) mass is 202 g/mol. The third-order valence-corrected chi connectivity index (χ3v) is 2.21. The summed E-state index contributed by atoms with van der Waals surface area (Å²) in [7, 11) is 1.67. The van der Waals surface area contributed by atoms with Gasteiger partial charge in [0, 0.05) is 20.3 Å². The number of ether oxygens (including phenoxy) is 1. The Labute approximate surface area is 86.4 Å². The first-order valence-electron chi connectivity index (χ1n) is 5.20. The van der Waals surface area contributed by atoms with Gasteiger partial charge in [0.2, 0.25) is 0 Å². The summed E-state index contributed by atoms with van der Waals surface area (Å²) < 4.78 is 4.87. The maximum absolute atomic E-state index is 8.95. The van der Waals surface area contributed by atoms with Crippen molar-refractivity contribution in [3.63, 3.8) is 0 Å². The highest BCUT2D eigenvalue weighted by Crippen LogP contribution is 2.11. The van der Waals surface area contributed by atoms with Gasteiger partial charge >= 0.3 is 0 Å². The van der Waals surface area contributed by atoms with E-state index in [-0.39, 0.29) is 19.1 Å². The molecule has 0 radical (unpaired) electrons. The minimum atomic E-state index is 0.171. The van der Waals surface area contributed by atoms with E-state index in [0.29, 0.717) is 13.0 Å². The SMILES string of the molecule is COC/C=C/CCCC(CO)CCO. The van der Waals surface area contributed by atoms with Crippen molar-refractivity contribution in [1.29, 1.82) is 0 Å². The molecule has 14 heavy (non-hydrogen) atoms. The highest BCUT2D eigenvalue weighted by atomic mass is 16.5. The lowest BCUT2D eigenvalue weighted by molar-refractivity contribution is 0.175. The molecule has 84 valence electrons. The largest absolute Gasteiger partial charge is 0.396 e. The molecule has 0 bridgehead atoms. The normalized spacial score (nSPS) is 13.6. The van der Waals surface area contributed by atoms with Crippen molar-refractivity contribution in [3.05, 3.63) is 12.2 Å². The molecule has 0 aliphatic heterocycles. The van der Waals surface area contributed by atoms with Gasteiger partial charge in [0.1, 0.15) is 0 Å². The summed E-state index contributed by atoms with van der Waals surface area (Å²) in [6, 6.07) is 0. The van der Waals surface area contributed by atoms with Gasteiger partial charge in [0.25, 0.3) is 0 Å². The molecule has 0 rings (SSSR count). The van der Waals surface area contributed by atoms with Crippen molar-refractivity contribution in [1.82, 2.24) is 0 Å². The van der Waals surface area contributed by atoms with Crippen LogP contribution in [-0.2, 0) is 4.74 Å². The molecule has 1 atom stereocenters. The van der Waals surface area contributed by atoms with Crippen LogP contribution < -0.4 is 0 Å². The summed E-state index contributed by atoms with van der Waals surface area (Å²) in [6.07, 6.45) is 7.86. The Kier molecular flexibility index (Phi) is 10.4. The highest BCUT2D eigenvalue weighted by molar-refractivity contribution is 4.81. The van der Waals surface area contributed by atoms with Crippen molar-refractivity contribution < 1.29 is 14.9 Å². The molecule has 2 N–H and O–H groups in total. The van der Waals surface area contributed by atoms with Gasteiger partial charge in [0.15, 0.2) is 0 Å². The Bertz CT molecular complexity index is 134. The zero-order valence-electron chi connectivity index (χ0n) is 8.98. The molecular weight excluding hydrogens is 180 g/mol. The molecule has 0 amide bonds. The van der Waals surface area contributed by atoms with Gasteiger partial charge in [-0.05, 0) is 31.6 Å². The van der Waals surface area contributed by atoms with E-state index in [0.717, 1.165) is 19.3 Å². The first kappa shape index (κ1) is 13.6. The molecule has 0 aliphatic carbocycles. The van der Waals surface area contributed by atoms with Gasteiger partial charge in [0.05, 0.1) is 6.61 Å². The molecule has 0 spiro atoms. The fraction of sp³-hybridized carbons (Fsp3) is 0.818. The Hall–Kier alpha value is -0.380. The molecule has 0 heterocycles. The second kappa shape index (κ2) is 10.7. The Morgan fingerprint density at radius 2 is 2.00 bits per heavy atom. The summed E-state index contributed by atoms with van der Waals surface area (Å²) in [6.45, 7) is 1.02. The van der Waals surface area contributed by atoms with Crippen molar-refractivity contribution >= 4 is 0 Å². The molecule has 0 fully saturated rings. The molecule has 0 saturated carbocycles. The van der Waals surface area contributed by atoms with Crippen LogP contribution in [0.2, 0.25) is 0 Å². The predicted octanol–water partition coefficient (Wildman–Crippen LogP) is 1.35. The number of unbranched alkanes of at least 4 members (excludes halogenated alkanes) is 1. The number of aliphatic hydroxyl groups excluding tert-OH is 2. The zero-order chi connectivity index (χ0) is 10.6. The average Bonchev–Trinajstić information content (AvgIpc) is 2.21. The second-order valence-corrected chi connectivity index (χ2v) is 3.42. The first-order valence-corrected chi connectivity index (χ1v) is 5.20. The first-order chi connectivity index (χ1) is 6.85. The fourth-order valence-electron chi connectivity index (χ4n) is 1.32. The topological polar surface area (TPSA) is 49.7 Å². The van der Waals surface area contributed by atoms with E-state index in [1.165, 1.54) is 0 Å². The zero-order valence-corrected chi connectivity index (χ0v) is 8.98. The second-order valence-electron chi connectivity index (χ2n) is 3.42. The number of hydrogen-bond donors (Lipinski definition) is 2. The van der Waals surface area contributed by atoms with Gasteiger partial charge < -0.3 is 14.9 Å². The van der Waals surface area contributed by atoms with Gasteiger partial charge in [-0.1, -0.05) is 12.2 Å². The summed E-state index contributed by atoms with van der Waals surface area (Å²) in [5.74, 6) is 0.260. The van der Waals surface area contributed by atoms with Crippen molar-refractivity contribution in [2.45, 2.75) is 25.7 Å². The van der Waals surface area contributed by atoms with E-state index in [1.807, 2.05) is 6.08 Å². The molecule has 0 aliphatic rings. The van der Waals surface area contributed by atoms with Crippen molar-refractivity contribution in [3.8, 4) is 0 Å². The molecule has 3 heteroatoms. The van der Waals surface area contributed by atoms with E-state index >= 15 is 0 Å². The van der Waals surface area contributed by atoms with Gasteiger partial charge in [-0.3, -0.25) is 0 Å². The van der Waals surface area contributed by atoms with E-state index in [9.17, 15) is 0 Å². The standard InChI is InChI=1S/C11H22O3/c1-14-9-5-3-2-4-6-11(10-13)7-8-12/h3,5,11-13H,2,4,6-10H2,1H3/b5-3+. The van der Waals surface area contributed by atoms with E-state index in [4.69, 9.17) is 14.9 Å². The quantitative estimate of drug-likeness (QED) is 0.438. The van der Waals surface area contributed by atoms with Crippen LogP contribution in [0.5, 0.6) is 0 Å². The van der Waals surface area contributed by atoms with E-state index in [2.05, 4.69) is 6.08 Å². The van der Waals surface area contributed by atoms with Crippen LogP contribution in [0.3, 0.4) is 0 Å². The number of allylic oxidation sites excluding steroid dienone is 1. The van der Waals surface area contributed by atoms with Crippen LogP contribution in [0.4, 0.5) is 0 Å². The summed E-state index contributed by atoms with van der Waals surface area (Å²) >= 11 is 0. The minimum Gasteiger partial charge on any atom is -0.396 e. The molecule has 1 unspecified atom stereocenters. The van der Waals surface area contributed by atoms with E-state index in [1.54, 1.807) is 7.11 Å².